The molecule has 0 spiro atoms. The third-order valence-corrected chi connectivity index (χ3v) is 3.69. The second-order valence-electron chi connectivity index (χ2n) is 4.80. The smallest absolute Gasteiger partial charge is 0.0608 e. The number of aryl methyl sites for hydroxylation is 2. The number of hydrogen-bond donors (Lipinski definition) is 1. The highest BCUT2D eigenvalue weighted by Gasteiger charge is 2.24. The monoisotopic (exact) mass is 204 g/mol. The maximum atomic E-state index is 9.98. The predicted molar refractivity (Wildman–Crippen MR) is 63.1 cm³/mol. The summed E-state index contributed by atoms with van der Waals surface area (Å²) in [6.07, 6.45) is 4.43. The molecule has 0 unspecified atom stereocenters. The summed E-state index contributed by atoms with van der Waals surface area (Å²) in [4.78, 5) is 0. The first kappa shape index (κ1) is 10.7. The lowest BCUT2D eigenvalue weighted by atomic mass is 9.81. The van der Waals surface area contributed by atoms with Crippen molar-refractivity contribution in [3.05, 3.63) is 34.9 Å². The summed E-state index contributed by atoms with van der Waals surface area (Å²) in [5.41, 5.74) is 4.00. The first-order chi connectivity index (χ1) is 7.18. The first-order valence-corrected chi connectivity index (χ1v) is 5.93. The van der Waals surface area contributed by atoms with Crippen molar-refractivity contribution in [3.63, 3.8) is 0 Å². The van der Waals surface area contributed by atoms with Crippen LogP contribution in [0.5, 0.6) is 0 Å². The van der Waals surface area contributed by atoms with E-state index in [4.69, 9.17) is 0 Å². The van der Waals surface area contributed by atoms with E-state index in [0.29, 0.717) is 5.92 Å². The molecule has 1 fully saturated rings. The van der Waals surface area contributed by atoms with Crippen molar-refractivity contribution in [2.24, 2.45) is 0 Å². The Bertz CT molecular complexity index is 343. The van der Waals surface area contributed by atoms with Crippen LogP contribution in [0.3, 0.4) is 0 Å². The van der Waals surface area contributed by atoms with Crippen LogP contribution in [0.25, 0.3) is 0 Å². The van der Waals surface area contributed by atoms with Crippen LogP contribution in [-0.2, 0) is 0 Å². The number of rotatable bonds is 1. The largest absolute Gasteiger partial charge is 0.392 e. The van der Waals surface area contributed by atoms with E-state index in [1.54, 1.807) is 0 Å². The van der Waals surface area contributed by atoms with E-state index in [2.05, 4.69) is 32.0 Å². The van der Waals surface area contributed by atoms with Crippen LogP contribution in [0.1, 0.15) is 48.3 Å². The highest BCUT2D eigenvalue weighted by molar-refractivity contribution is 5.32. The Balaban J connectivity index is 2.24. The van der Waals surface area contributed by atoms with Crippen LogP contribution in [0.15, 0.2) is 18.2 Å². The summed E-state index contributed by atoms with van der Waals surface area (Å²) >= 11 is 0. The van der Waals surface area contributed by atoms with Gasteiger partial charge in [0.15, 0.2) is 0 Å². The number of aliphatic hydroxyl groups excluding tert-OH is 1. The first-order valence-electron chi connectivity index (χ1n) is 5.93. The summed E-state index contributed by atoms with van der Waals surface area (Å²) in [6.45, 7) is 4.28. The van der Waals surface area contributed by atoms with Gasteiger partial charge in [-0.3, -0.25) is 0 Å². The zero-order chi connectivity index (χ0) is 10.8. The average molecular weight is 204 g/mol. The minimum atomic E-state index is -0.124. The van der Waals surface area contributed by atoms with Crippen molar-refractivity contribution in [1.82, 2.24) is 0 Å². The summed E-state index contributed by atoms with van der Waals surface area (Å²) < 4.78 is 0. The molecule has 0 aromatic heterocycles. The minimum Gasteiger partial charge on any atom is -0.392 e. The van der Waals surface area contributed by atoms with Gasteiger partial charge in [0.25, 0.3) is 0 Å². The van der Waals surface area contributed by atoms with Gasteiger partial charge in [0.05, 0.1) is 6.10 Å². The summed E-state index contributed by atoms with van der Waals surface area (Å²) in [6, 6.07) is 6.60. The summed E-state index contributed by atoms with van der Waals surface area (Å²) in [7, 11) is 0. The van der Waals surface area contributed by atoms with Crippen LogP contribution in [0.2, 0.25) is 0 Å². The molecule has 1 aliphatic rings. The Kier molecular flexibility index (Phi) is 3.11. The highest BCUT2D eigenvalue weighted by atomic mass is 16.3. The molecular weight excluding hydrogens is 184 g/mol. The van der Waals surface area contributed by atoms with E-state index in [9.17, 15) is 5.11 Å². The lowest BCUT2D eigenvalue weighted by Crippen LogP contribution is -2.22. The highest BCUT2D eigenvalue weighted by Crippen LogP contribution is 2.33. The fourth-order valence-electron chi connectivity index (χ4n) is 2.50. The third kappa shape index (κ3) is 2.23. The molecule has 0 saturated heterocycles. The Hall–Kier alpha value is -0.820. The van der Waals surface area contributed by atoms with Crippen LogP contribution in [-0.4, -0.2) is 11.2 Å². The molecule has 1 heteroatoms. The maximum Gasteiger partial charge on any atom is 0.0608 e. The van der Waals surface area contributed by atoms with Crippen LogP contribution in [0, 0.1) is 13.8 Å². The second kappa shape index (κ2) is 4.36. The Morgan fingerprint density at radius 1 is 1.07 bits per heavy atom. The molecule has 1 saturated carbocycles. The predicted octanol–water partition coefficient (Wildman–Crippen LogP) is 3.32. The Morgan fingerprint density at radius 3 is 2.47 bits per heavy atom. The molecule has 2 atom stereocenters. The molecule has 1 aliphatic carbocycles. The number of benzene rings is 1. The van der Waals surface area contributed by atoms with E-state index >= 15 is 0 Å². The van der Waals surface area contributed by atoms with Crippen LogP contribution >= 0.6 is 0 Å². The Morgan fingerprint density at radius 2 is 1.80 bits per heavy atom. The molecule has 0 amide bonds. The molecule has 0 radical (unpaired) electrons. The topological polar surface area (TPSA) is 20.2 Å². The van der Waals surface area contributed by atoms with Gasteiger partial charge in [-0.15, -0.1) is 0 Å². The van der Waals surface area contributed by atoms with Gasteiger partial charge < -0.3 is 5.11 Å². The summed E-state index contributed by atoms with van der Waals surface area (Å²) in [5.74, 6) is 0.373. The molecule has 0 heterocycles. The molecule has 82 valence electrons. The van der Waals surface area contributed by atoms with Gasteiger partial charge in [-0.25, -0.2) is 0 Å². The molecule has 1 aromatic rings. The third-order valence-electron chi connectivity index (χ3n) is 3.69. The van der Waals surface area contributed by atoms with Crippen molar-refractivity contribution in [1.29, 1.82) is 0 Å². The van der Waals surface area contributed by atoms with Crippen molar-refractivity contribution in [3.8, 4) is 0 Å². The van der Waals surface area contributed by atoms with E-state index < -0.39 is 0 Å². The van der Waals surface area contributed by atoms with Gasteiger partial charge in [-0.05, 0) is 43.4 Å². The van der Waals surface area contributed by atoms with Gasteiger partial charge in [0, 0.05) is 5.92 Å². The SMILES string of the molecule is Cc1ccc([C@H]2CCCC[C@@H]2O)cc1C. The quantitative estimate of drug-likeness (QED) is 0.744. The van der Waals surface area contributed by atoms with E-state index in [1.807, 2.05) is 0 Å². The fourth-order valence-corrected chi connectivity index (χ4v) is 2.50. The molecule has 1 N–H and O–H groups in total. The normalized spacial score (nSPS) is 26.6. The van der Waals surface area contributed by atoms with Crippen molar-refractivity contribution in [2.45, 2.75) is 51.6 Å². The molecular formula is C14H20O. The van der Waals surface area contributed by atoms with Gasteiger partial charge >= 0.3 is 0 Å². The van der Waals surface area contributed by atoms with E-state index in [0.717, 1.165) is 12.8 Å². The lowest BCUT2D eigenvalue weighted by Gasteiger charge is -2.28. The maximum absolute atomic E-state index is 9.98. The van der Waals surface area contributed by atoms with Gasteiger partial charge in [0.1, 0.15) is 0 Å². The van der Waals surface area contributed by atoms with Crippen molar-refractivity contribution in [2.75, 3.05) is 0 Å². The minimum absolute atomic E-state index is 0.124. The zero-order valence-corrected chi connectivity index (χ0v) is 9.66. The fraction of sp³-hybridized carbons (Fsp3) is 0.571. The van der Waals surface area contributed by atoms with E-state index in [-0.39, 0.29) is 6.10 Å². The molecule has 1 aromatic carbocycles. The average Bonchev–Trinajstić information content (AvgIpc) is 2.23. The zero-order valence-electron chi connectivity index (χ0n) is 9.66. The number of aliphatic hydroxyl groups is 1. The molecule has 15 heavy (non-hydrogen) atoms. The van der Waals surface area contributed by atoms with Gasteiger partial charge in [-0.1, -0.05) is 31.0 Å². The number of hydrogen-bond acceptors (Lipinski definition) is 1. The van der Waals surface area contributed by atoms with Crippen LogP contribution in [0.4, 0.5) is 0 Å². The second-order valence-corrected chi connectivity index (χ2v) is 4.80. The molecule has 0 aliphatic heterocycles. The van der Waals surface area contributed by atoms with Gasteiger partial charge in [-0.2, -0.15) is 0 Å². The van der Waals surface area contributed by atoms with Crippen molar-refractivity contribution >= 4 is 0 Å². The molecule has 2 rings (SSSR count). The lowest BCUT2D eigenvalue weighted by molar-refractivity contribution is 0.106. The standard InChI is InChI=1S/C14H20O/c1-10-7-8-12(9-11(10)2)13-5-3-4-6-14(13)15/h7-9,13-15H,3-6H2,1-2H3/t13-,14+/m1/s1. The van der Waals surface area contributed by atoms with Crippen molar-refractivity contribution < 1.29 is 5.11 Å². The summed E-state index contributed by atoms with van der Waals surface area (Å²) in [5, 5.41) is 9.98. The van der Waals surface area contributed by atoms with Gasteiger partial charge in [0.2, 0.25) is 0 Å². The Labute approximate surface area is 92.1 Å². The molecule has 0 bridgehead atoms. The van der Waals surface area contributed by atoms with E-state index in [1.165, 1.54) is 29.5 Å². The van der Waals surface area contributed by atoms with Crippen LogP contribution < -0.4 is 0 Å². The molecule has 1 nitrogen and oxygen atoms in total.